The van der Waals surface area contributed by atoms with Crippen molar-refractivity contribution in [3.05, 3.63) is 0 Å². The van der Waals surface area contributed by atoms with Crippen LogP contribution in [0.3, 0.4) is 0 Å². The molecule has 0 aromatic rings. The molecule has 3 nitrogen and oxygen atoms in total. The maximum absolute atomic E-state index is 12.8. The Bertz CT molecular complexity index is 401. The first-order chi connectivity index (χ1) is 8.48. The van der Waals surface area contributed by atoms with E-state index >= 15 is 0 Å². The van der Waals surface area contributed by atoms with Gasteiger partial charge >= 0.3 is 6.18 Å². The lowest BCUT2D eigenvalue weighted by atomic mass is 9.83. The van der Waals surface area contributed by atoms with Gasteiger partial charge in [0.25, 0.3) is 0 Å². The van der Waals surface area contributed by atoms with Gasteiger partial charge < -0.3 is 5.11 Å². The zero-order valence-corrected chi connectivity index (χ0v) is 13.9. The average Bonchev–Trinajstić information content (AvgIpc) is 2.11. The molecule has 0 rings (SSSR count). The van der Waals surface area contributed by atoms with Crippen LogP contribution < -0.4 is 0 Å². The van der Waals surface area contributed by atoms with Crippen LogP contribution in [0.15, 0.2) is 4.40 Å². The highest BCUT2D eigenvalue weighted by atomic mass is 32.2. The molecule has 0 unspecified atom stereocenters. The molecule has 0 fully saturated rings. The second kappa shape index (κ2) is 5.75. The number of nitrogens with zero attached hydrogens (tertiary/aromatic N) is 1. The molecule has 0 aliphatic heterocycles. The van der Waals surface area contributed by atoms with Crippen molar-refractivity contribution in [2.75, 3.05) is 0 Å². The van der Waals surface area contributed by atoms with E-state index < -0.39 is 39.3 Å². The van der Waals surface area contributed by atoms with Crippen LogP contribution in [0.4, 0.5) is 13.2 Å². The van der Waals surface area contributed by atoms with Crippen molar-refractivity contribution in [1.82, 2.24) is 0 Å². The van der Waals surface area contributed by atoms with E-state index in [1.54, 1.807) is 41.5 Å². The van der Waals surface area contributed by atoms with Gasteiger partial charge in [0.2, 0.25) is 0 Å². The largest absolute Gasteiger partial charge is 0.417 e. The molecule has 0 radical (unpaired) electrons. The number of hydrogen-bond donors (Lipinski definition) is 1. The molecule has 7 heteroatoms. The van der Waals surface area contributed by atoms with E-state index in [1.807, 2.05) is 0 Å². The minimum Gasteiger partial charge on any atom is -0.380 e. The van der Waals surface area contributed by atoms with Crippen molar-refractivity contribution in [2.45, 2.75) is 71.4 Å². The molecule has 0 spiro atoms. The summed E-state index contributed by atoms with van der Waals surface area (Å²) in [6.07, 6.45) is -5.45. The quantitative estimate of drug-likeness (QED) is 0.808. The first-order valence-electron chi connectivity index (χ1n) is 6.27. The zero-order valence-electron chi connectivity index (χ0n) is 13.1. The van der Waals surface area contributed by atoms with Gasteiger partial charge in [-0.2, -0.15) is 17.6 Å². The molecule has 0 saturated carbocycles. The van der Waals surface area contributed by atoms with Gasteiger partial charge in [0.1, 0.15) is 11.0 Å². The van der Waals surface area contributed by atoms with Gasteiger partial charge in [-0.05, 0) is 27.7 Å². The standard InChI is InChI=1S/C13H24F3NO2S/c1-10(2,3)9(17-20(19)11(4,5)6)8-12(7,18)13(14,15)16/h18H,8H2,1-7H3/b17-9-/t12-,20+/m0/s1. The van der Waals surface area contributed by atoms with Gasteiger partial charge in [0.05, 0.1) is 4.75 Å². The fraction of sp³-hybridized carbons (Fsp3) is 0.923. The van der Waals surface area contributed by atoms with Crippen LogP contribution in [-0.4, -0.2) is 31.6 Å². The molecule has 0 aromatic carbocycles. The molecule has 1 N–H and O–H groups in total. The van der Waals surface area contributed by atoms with Crippen LogP contribution >= 0.6 is 0 Å². The summed E-state index contributed by atoms with van der Waals surface area (Å²) in [6, 6.07) is 0. The monoisotopic (exact) mass is 315 g/mol. The van der Waals surface area contributed by atoms with Crippen LogP contribution in [0.25, 0.3) is 0 Å². The molecular formula is C13H24F3NO2S. The van der Waals surface area contributed by atoms with E-state index in [0.29, 0.717) is 6.92 Å². The van der Waals surface area contributed by atoms with Crippen LogP contribution in [-0.2, 0) is 11.0 Å². The molecule has 0 aliphatic rings. The zero-order chi connectivity index (χ0) is 16.6. The van der Waals surface area contributed by atoms with E-state index in [9.17, 15) is 22.5 Å². The summed E-state index contributed by atoms with van der Waals surface area (Å²) >= 11 is 0. The molecule has 0 aromatic heterocycles. The third-order valence-corrected chi connectivity index (χ3v) is 4.14. The Labute approximate surface area is 121 Å². The summed E-state index contributed by atoms with van der Waals surface area (Å²) in [4.78, 5) is 0. The van der Waals surface area contributed by atoms with Crippen molar-refractivity contribution < 1.29 is 22.5 Å². The fourth-order valence-electron chi connectivity index (χ4n) is 1.10. The minimum absolute atomic E-state index is 0.0908. The first kappa shape index (κ1) is 19.6. The normalized spacial score (nSPS) is 19.6. The molecule has 20 heavy (non-hydrogen) atoms. The Morgan fingerprint density at radius 1 is 1.05 bits per heavy atom. The minimum atomic E-state index is -4.76. The number of halogens is 3. The van der Waals surface area contributed by atoms with Crippen molar-refractivity contribution in [1.29, 1.82) is 0 Å². The van der Waals surface area contributed by atoms with Crippen LogP contribution in [0.1, 0.15) is 54.9 Å². The van der Waals surface area contributed by atoms with Crippen molar-refractivity contribution in [3.8, 4) is 0 Å². The molecule has 0 saturated heterocycles. The summed E-state index contributed by atoms with van der Waals surface area (Å²) in [7, 11) is -1.67. The highest BCUT2D eigenvalue weighted by molar-refractivity contribution is 7.85. The lowest BCUT2D eigenvalue weighted by Crippen LogP contribution is -2.46. The highest BCUT2D eigenvalue weighted by Gasteiger charge is 2.51. The number of rotatable bonds is 3. The van der Waals surface area contributed by atoms with Gasteiger partial charge in [0.15, 0.2) is 5.60 Å². The predicted octanol–water partition coefficient (Wildman–Crippen LogP) is 3.64. The van der Waals surface area contributed by atoms with E-state index in [0.717, 1.165) is 0 Å². The smallest absolute Gasteiger partial charge is 0.380 e. The lowest BCUT2D eigenvalue weighted by Gasteiger charge is -2.31. The van der Waals surface area contributed by atoms with Crippen LogP contribution in [0.2, 0.25) is 0 Å². The highest BCUT2D eigenvalue weighted by Crippen LogP contribution is 2.36. The second-order valence-corrected chi connectivity index (χ2v) is 9.00. The van der Waals surface area contributed by atoms with Crippen LogP contribution in [0.5, 0.6) is 0 Å². The molecular weight excluding hydrogens is 291 g/mol. The van der Waals surface area contributed by atoms with Crippen molar-refractivity contribution >= 4 is 16.7 Å². The molecule has 0 bridgehead atoms. The van der Waals surface area contributed by atoms with E-state index in [2.05, 4.69) is 4.40 Å². The van der Waals surface area contributed by atoms with E-state index in [4.69, 9.17) is 0 Å². The fourth-order valence-corrected chi connectivity index (χ4v) is 1.91. The Morgan fingerprint density at radius 3 is 1.70 bits per heavy atom. The molecule has 0 aliphatic carbocycles. The maximum Gasteiger partial charge on any atom is 0.417 e. The third-order valence-electron chi connectivity index (χ3n) is 2.71. The lowest BCUT2D eigenvalue weighted by molar-refractivity contribution is -0.250. The Balaban J connectivity index is 5.55. The summed E-state index contributed by atoms with van der Waals surface area (Å²) in [5.41, 5.74) is -3.51. The maximum atomic E-state index is 12.8. The summed E-state index contributed by atoms with van der Waals surface area (Å²) in [5, 5.41) is 9.60. The predicted molar refractivity (Wildman–Crippen MR) is 76.1 cm³/mol. The summed E-state index contributed by atoms with van der Waals surface area (Å²) in [5.74, 6) is 0. The number of hydrogen-bond acceptors (Lipinski definition) is 2. The van der Waals surface area contributed by atoms with Gasteiger partial charge in [-0.3, -0.25) is 0 Å². The molecule has 2 atom stereocenters. The Kier molecular flexibility index (Phi) is 5.63. The van der Waals surface area contributed by atoms with Gasteiger partial charge in [-0.1, -0.05) is 20.8 Å². The van der Waals surface area contributed by atoms with E-state index in [-0.39, 0.29) is 5.71 Å². The molecule has 120 valence electrons. The SMILES string of the molecule is CC(C)(C)/C(C[C@](C)(O)C(F)(F)F)=N\[S@](=O)C(C)(C)C. The Hall–Kier alpha value is -0.430. The number of alkyl halides is 3. The summed E-state index contributed by atoms with van der Waals surface area (Å²) in [6.45, 7) is 10.8. The van der Waals surface area contributed by atoms with Gasteiger partial charge in [-0.15, -0.1) is 0 Å². The van der Waals surface area contributed by atoms with Crippen LogP contribution in [0, 0.1) is 5.41 Å². The Morgan fingerprint density at radius 2 is 1.45 bits per heavy atom. The third kappa shape index (κ3) is 5.52. The second-order valence-electron chi connectivity index (χ2n) is 7.10. The van der Waals surface area contributed by atoms with Gasteiger partial charge in [-0.25, -0.2) is 4.21 Å². The average molecular weight is 315 g/mol. The van der Waals surface area contributed by atoms with Gasteiger partial charge in [0, 0.05) is 17.5 Å². The number of aliphatic hydroxyl groups is 1. The van der Waals surface area contributed by atoms with Crippen molar-refractivity contribution in [2.24, 2.45) is 9.81 Å². The van der Waals surface area contributed by atoms with Crippen molar-refractivity contribution in [3.63, 3.8) is 0 Å². The molecule has 0 amide bonds. The topological polar surface area (TPSA) is 49.7 Å². The van der Waals surface area contributed by atoms with E-state index in [1.165, 1.54) is 0 Å². The summed E-state index contributed by atoms with van der Waals surface area (Å²) < 4.78 is 53.6. The molecule has 0 heterocycles. The first-order valence-corrected chi connectivity index (χ1v) is 7.38.